The number of Topliss-reactive ketones (excluding diaryl/α,β-unsaturated/α-hetero) is 1. The molecule has 184 valence electrons. The highest BCUT2D eigenvalue weighted by atomic mass is 32.2. The van der Waals surface area contributed by atoms with Crippen LogP contribution in [0.25, 0.3) is 0 Å². The first-order chi connectivity index (χ1) is 16.8. The zero-order chi connectivity index (χ0) is 25.4. The highest BCUT2D eigenvalue weighted by molar-refractivity contribution is 7.92. The van der Waals surface area contributed by atoms with Crippen molar-refractivity contribution >= 4 is 27.5 Å². The minimum absolute atomic E-state index is 0.00671. The third-order valence-electron chi connectivity index (χ3n) is 4.88. The number of benzene rings is 3. The normalized spacial score (nSPS) is 10.8. The molecular formula is C25H25NO8S. The van der Waals surface area contributed by atoms with Gasteiger partial charge in [-0.05, 0) is 61.5 Å². The standard InChI is InChI=1S/C25H25NO8S/c1-4-33-18-10-12-19(13-11-18)35(29,30)26-21-8-6-5-7-20(21)25(28)34-16-22(27)17-9-14-23(31-2)24(15-17)32-3/h5-15,26H,4,16H2,1-3H3. The molecule has 0 heterocycles. The molecule has 0 atom stereocenters. The van der Waals surface area contributed by atoms with Crippen LogP contribution in [-0.4, -0.2) is 47.6 Å². The smallest absolute Gasteiger partial charge is 0.340 e. The number of carbonyl (C=O) groups excluding carboxylic acids is 2. The molecule has 0 unspecified atom stereocenters. The van der Waals surface area contributed by atoms with E-state index in [-0.39, 0.29) is 21.7 Å². The Morgan fingerprint density at radius 1 is 0.886 bits per heavy atom. The van der Waals surface area contributed by atoms with Gasteiger partial charge in [-0.1, -0.05) is 12.1 Å². The Kier molecular flexibility index (Phi) is 8.32. The second-order valence-corrected chi connectivity index (χ2v) is 8.81. The van der Waals surface area contributed by atoms with Crippen molar-refractivity contribution in [3.63, 3.8) is 0 Å². The number of anilines is 1. The quantitative estimate of drug-likeness (QED) is 0.311. The molecule has 0 fully saturated rings. The summed E-state index contributed by atoms with van der Waals surface area (Å²) in [7, 11) is -1.08. The summed E-state index contributed by atoms with van der Waals surface area (Å²) in [5.41, 5.74) is 0.243. The highest BCUT2D eigenvalue weighted by Gasteiger charge is 2.21. The number of hydrogen-bond acceptors (Lipinski definition) is 8. The molecule has 3 rings (SSSR count). The summed E-state index contributed by atoms with van der Waals surface area (Å²) in [6.07, 6.45) is 0. The lowest BCUT2D eigenvalue weighted by Gasteiger charge is -2.13. The molecule has 0 saturated heterocycles. The van der Waals surface area contributed by atoms with Gasteiger partial charge in [0.15, 0.2) is 23.9 Å². The van der Waals surface area contributed by atoms with Crippen molar-refractivity contribution in [3.8, 4) is 17.2 Å². The van der Waals surface area contributed by atoms with Gasteiger partial charge in [-0.3, -0.25) is 9.52 Å². The topological polar surface area (TPSA) is 117 Å². The number of nitrogens with one attached hydrogen (secondary N) is 1. The Labute approximate surface area is 203 Å². The first kappa shape index (κ1) is 25.6. The molecule has 0 radical (unpaired) electrons. The fourth-order valence-corrected chi connectivity index (χ4v) is 4.22. The predicted molar refractivity (Wildman–Crippen MR) is 129 cm³/mol. The first-order valence-electron chi connectivity index (χ1n) is 10.6. The largest absolute Gasteiger partial charge is 0.494 e. The van der Waals surface area contributed by atoms with E-state index in [0.29, 0.717) is 23.9 Å². The Balaban J connectivity index is 1.72. The van der Waals surface area contributed by atoms with Gasteiger partial charge >= 0.3 is 5.97 Å². The molecule has 0 aliphatic rings. The average molecular weight is 500 g/mol. The van der Waals surface area contributed by atoms with E-state index in [1.807, 2.05) is 6.92 Å². The summed E-state index contributed by atoms with van der Waals surface area (Å²) in [5.74, 6) is 0.0265. The van der Waals surface area contributed by atoms with Crippen LogP contribution in [0.1, 0.15) is 27.6 Å². The van der Waals surface area contributed by atoms with Gasteiger partial charge in [0.1, 0.15) is 5.75 Å². The minimum Gasteiger partial charge on any atom is -0.494 e. The molecule has 0 saturated carbocycles. The average Bonchev–Trinajstić information content (AvgIpc) is 2.87. The van der Waals surface area contributed by atoms with E-state index in [2.05, 4.69) is 4.72 Å². The predicted octanol–water partition coefficient (Wildman–Crippen LogP) is 3.94. The molecule has 1 N–H and O–H groups in total. The number of methoxy groups -OCH3 is 2. The van der Waals surface area contributed by atoms with Gasteiger partial charge in [0.2, 0.25) is 0 Å². The zero-order valence-corrected chi connectivity index (χ0v) is 20.3. The van der Waals surface area contributed by atoms with E-state index < -0.39 is 28.4 Å². The molecule has 10 heteroatoms. The van der Waals surface area contributed by atoms with Crippen molar-refractivity contribution in [1.82, 2.24) is 0 Å². The van der Waals surface area contributed by atoms with Crippen LogP contribution in [0.15, 0.2) is 71.6 Å². The Morgan fingerprint density at radius 3 is 2.23 bits per heavy atom. The Hall–Kier alpha value is -4.05. The highest BCUT2D eigenvalue weighted by Crippen LogP contribution is 2.28. The van der Waals surface area contributed by atoms with Crippen molar-refractivity contribution in [2.24, 2.45) is 0 Å². The lowest BCUT2D eigenvalue weighted by Crippen LogP contribution is -2.18. The van der Waals surface area contributed by atoms with E-state index >= 15 is 0 Å². The zero-order valence-electron chi connectivity index (χ0n) is 19.4. The fraction of sp³-hybridized carbons (Fsp3) is 0.200. The molecule has 0 aromatic heterocycles. The molecule has 35 heavy (non-hydrogen) atoms. The molecule has 0 bridgehead atoms. The molecule has 3 aromatic carbocycles. The summed E-state index contributed by atoms with van der Waals surface area (Å²) in [6.45, 7) is 1.73. The summed E-state index contributed by atoms with van der Waals surface area (Å²) in [6, 6.07) is 16.4. The van der Waals surface area contributed by atoms with Crippen LogP contribution in [0.5, 0.6) is 17.2 Å². The molecule has 0 aliphatic carbocycles. The summed E-state index contributed by atoms with van der Waals surface area (Å²) in [5, 5.41) is 0. The van der Waals surface area contributed by atoms with Crippen LogP contribution in [0.2, 0.25) is 0 Å². The van der Waals surface area contributed by atoms with Crippen LogP contribution in [-0.2, 0) is 14.8 Å². The monoisotopic (exact) mass is 499 g/mol. The number of ketones is 1. The van der Waals surface area contributed by atoms with E-state index in [0.717, 1.165) is 0 Å². The van der Waals surface area contributed by atoms with Crippen molar-refractivity contribution < 1.29 is 37.0 Å². The van der Waals surface area contributed by atoms with Gasteiger partial charge in [-0.2, -0.15) is 0 Å². The SMILES string of the molecule is CCOc1ccc(S(=O)(=O)Nc2ccccc2C(=O)OCC(=O)c2ccc(OC)c(OC)c2)cc1. The van der Waals surface area contributed by atoms with Crippen LogP contribution in [0.4, 0.5) is 5.69 Å². The second kappa shape index (κ2) is 11.4. The maximum Gasteiger partial charge on any atom is 0.340 e. The number of sulfonamides is 1. The van der Waals surface area contributed by atoms with Crippen molar-refractivity contribution in [1.29, 1.82) is 0 Å². The minimum atomic E-state index is -4.00. The maximum absolute atomic E-state index is 12.8. The van der Waals surface area contributed by atoms with Crippen LogP contribution >= 0.6 is 0 Å². The van der Waals surface area contributed by atoms with E-state index in [9.17, 15) is 18.0 Å². The van der Waals surface area contributed by atoms with Crippen LogP contribution in [0, 0.1) is 0 Å². The number of hydrogen-bond donors (Lipinski definition) is 1. The summed E-state index contributed by atoms with van der Waals surface area (Å²) in [4.78, 5) is 25.2. The van der Waals surface area contributed by atoms with Crippen molar-refractivity contribution in [2.75, 3.05) is 32.2 Å². The number of ether oxygens (including phenoxy) is 4. The molecule has 3 aromatic rings. The lowest BCUT2D eigenvalue weighted by atomic mass is 10.1. The number of para-hydroxylation sites is 1. The molecular weight excluding hydrogens is 474 g/mol. The fourth-order valence-electron chi connectivity index (χ4n) is 3.14. The molecule has 9 nitrogen and oxygen atoms in total. The Morgan fingerprint density at radius 2 is 1.57 bits per heavy atom. The number of rotatable bonds is 11. The van der Waals surface area contributed by atoms with Crippen LogP contribution < -0.4 is 18.9 Å². The number of esters is 1. The van der Waals surface area contributed by atoms with Gasteiger partial charge < -0.3 is 18.9 Å². The van der Waals surface area contributed by atoms with Gasteiger partial charge in [-0.15, -0.1) is 0 Å². The second-order valence-electron chi connectivity index (χ2n) is 7.12. The van der Waals surface area contributed by atoms with Crippen LogP contribution in [0.3, 0.4) is 0 Å². The molecule has 0 spiro atoms. The summed E-state index contributed by atoms with van der Waals surface area (Å²) < 4.78 is 48.9. The summed E-state index contributed by atoms with van der Waals surface area (Å²) >= 11 is 0. The van der Waals surface area contributed by atoms with Gasteiger partial charge in [-0.25, -0.2) is 13.2 Å². The number of carbonyl (C=O) groups is 2. The lowest BCUT2D eigenvalue weighted by molar-refractivity contribution is 0.0475. The van der Waals surface area contributed by atoms with E-state index in [4.69, 9.17) is 18.9 Å². The van der Waals surface area contributed by atoms with Crippen molar-refractivity contribution in [3.05, 3.63) is 77.9 Å². The van der Waals surface area contributed by atoms with E-state index in [1.54, 1.807) is 18.2 Å². The van der Waals surface area contributed by atoms with E-state index in [1.165, 1.54) is 62.8 Å². The third-order valence-corrected chi connectivity index (χ3v) is 6.26. The van der Waals surface area contributed by atoms with Crippen molar-refractivity contribution in [2.45, 2.75) is 11.8 Å². The molecule has 0 aliphatic heterocycles. The third kappa shape index (κ3) is 6.30. The first-order valence-corrected chi connectivity index (χ1v) is 12.0. The Bertz CT molecular complexity index is 1300. The molecule has 0 amide bonds. The maximum atomic E-state index is 12.8. The van der Waals surface area contributed by atoms with Gasteiger partial charge in [0, 0.05) is 5.56 Å². The van der Waals surface area contributed by atoms with Gasteiger partial charge in [0.05, 0.1) is 37.0 Å². The van der Waals surface area contributed by atoms with Gasteiger partial charge in [0.25, 0.3) is 10.0 Å².